The van der Waals surface area contributed by atoms with Crippen molar-refractivity contribution in [1.29, 1.82) is 0 Å². The van der Waals surface area contributed by atoms with Gasteiger partial charge in [0, 0.05) is 48.4 Å². The second-order valence-corrected chi connectivity index (χ2v) is 8.58. The summed E-state index contributed by atoms with van der Waals surface area (Å²) in [6.45, 7) is 4.30. The van der Waals surface area contributed by atoms with E-state index in [4.69, 9.17) is 4.98 Å². The van der Waals surface area contributed by atoms with Gasteiger partial charge in [-0.3, -0.25) is 9.88 Å². The summed E-state index contributed by atoms with van der Waals surface area (Å²) >= 11 is 3.50. The third-order valence-corrected chi connectivity index (χ3v) is 7.00. The number of benzene rings is 1. The first-order chi connectivity index (χ1) is 12.8. The molecule has 26 heavy (non-hydrogen) atoms. The van der Waals surface area contributed by atoms with Crippen LogP contribution in [-0.4, -0.2) is 26.4 Å². The number of fused-ring (bicyclic) bond motifs is 2. The molecule has 0 fully saturated rings. The Morgan fingerprint density at radius 1 is 1.23 bits per heavy atom. The fourth-order valence-electron chi connectivity index (χ4n) is 3.50. The lowest BCUT2D eigenvalue weighted by atomic mass is 10.0. The average molecular weight is 379 g/mol. The van der Waals surface area contributed by atoms with Gasteiger partial charge in [-0.15, -0.1) is 22.7 Å². The number of pyridine rings is 1. The van der Waals surface area contributed by atoms with E-state index < -0.39 is 0 Å². The van der Waals surface area contributed by atoms with Crippen molar-refractivity contribution in [2.24, 2.45) is 0 Å². The van der Waals surface area contributed by atoms with Crippen molar-refractivity contribution < 1.29 is 0 Å². The molecule has 1 aliphatic rings. The van der Waals surface area contributed by atoms with Crippen molar-refractivity contribution >= 4 is 32.9 Å². The van der Waals surface area contributed by atoms with Crippen molar-refractivity contribution in [1.82, 2.24) is 19.9 Å². The molecule has 6 heteroatoms. The maximum absolute atomic E-state index is 4.86. The zero-order valence-corrected chi connectivity index (χ0v) is 16.1. The number of hydrogen-bond donors (Lipinski definition) is 0. The van der Waals surface area contributed by atoms with Gasteiger partial charge in [0.25, 0.3) is 0 Å². The van der Waals surface area contributed by atoms with Gasteiger partial charge in [-0.2, -0.15) is 0 Å². The molecule has 4 nitrogen and oxygen atoms in total. The number of aromatic nitrogens is 3. The molecule has 130 valence electrons. The van der Waals surface area contributed by atoms with Crippen LogP contribution in [0.4, 0.5) is 0 Å². The summed E-state index contributed by atoms with van der Waals surface area (Å²) in [5, 5.41) is 1.08. The van der Waals surface area contributed by atoms with Gasteiger partial charge in [0.05, 0.1) is 21.4 Å². The molecule has 5 rings (SSSR count). The zero-order chi connectivity index (χ0) is 17.5. The molecule has 0 saturated heterocycles. The van der Waals surface area contributed by atoms with E-state index >= 15 is 0 Å². The van der Waals surface area contributed by atoms with E-state index in [9.17, 15) is 0 Å². The van der Waals surface area contributed by atoms with Crippen LogP contribution in [0.25, 0.3) is 20.8 Å². The minimum atomic E-state index is 0.373. The molecular formula is C20H18N4S2. The van der Waals surface area contributed by atoms with Crippen LogP contribution in [0, 0.1) is 0 Å². The fourth-order valence-corrected chi connectivity index (χ4v) is 5.29. The lowest BCUT2D eigenvalue weighted by molar-refractivity contribution is 0.193. The summed E-state index contributed by atoms with van der Waals surface area (Å²) in [7, 11) is 0. The fraction of sp³-hybridized carbons (Fsp3) is 0.250. The summed E-state index contributed by atoms with van der Waals surface area (Å²) < 4.78 is 1.26. The Bertz CT molecular complexity index is 1050. The lowest BCUT2D eigenvalue weighted by Crippen LogP contribution is -2.32. The van der Waals surface area contributed by atoms with E-state index in [0.717, 1.165) is 35.6 Å². The Hall–Kier alpha value is -2.15. The van der Waals surface area contributed by atoms with Crippen LogP contribution < -0.4 is 0 Å². The predicted octanol–water partition coefficient (Wildman–Crippen LogP) is 4.93. The molecular weight excluding hydrogens is 360 g/mol. The van der Waals surface area contributed by atoms with Gasteiger partial charge in [-0.1, -0.05) is 6.07 Å². The highest BCUT2D eigenvalue weighted by Gasteiger charge is 2.25. The third kappa shape index (κ3) is 2.84. The molecule has 0 N–H and O–H groups in total. The number of thiazole rings is 2. The summed E-state index contributed by atoms with van der Waals surface area (Å²) in [5.74, 6) is 0. The van der Waals surface area contributed by atoms with Gasteiger partial charge in [0.15, 0.2) is 0 Å². The van der Waals surface area contributed by atoms with Crippen LogP contribution in [0.1, 0.15) is 29.1 Å². The molecule has 1 aliphatic heterocycles. The van der Waals surface area contributed by atoms with Crippen molar-refractivity contribution in [3.63, 3.8) is 0 Å². The van der Waals surface area contributed by atoms with Crippen molar-refractivity contribution in [3.05, 3.63) is 64.4 Å². The molecule has 0 amide bonds. The molecule has 4 heterocycles. The largest absolute Gasteiger partial charge is 0.291 e. The van der Waals surface area contributed by atoms with Crippen molar-refractivity contribution in [3.8, 4) is 10.6 Å². The Kier molecular flexibility index (Phi) is 4.04. The lowest BCUT2D eigenvalue weighted by Gasteiger charge is -2.32. The predicted molar refractivity (Wildman–Crippen MR) is 107 cm³/mol. The minimum Gasteiger partial charge on any atom is -0.291 e. The first-order valence-electron chi connectivity index (χ1n) is 8.74. The summed E-state index contributed by atoms with van der Waals surface area (Å²) in [6, 6.07) is 11.1. The molecule has 4 aromatic rings. The third-order valence-electron chi connectivity index (χ3n) is 5.05. The molecule has 0 saturated carbocycles. The van der Waals surface area contributed by atoms with Crippen LogP contribution in [0.3, 0.4) is 0 Å². The number of hydrogen-bond acceptors (Lipinski definition) is 6. The highest BCUT2D eigenvalue weighted by Crippen LogP contribution is 2.34. The highest BCUT2D eigenvalue weighted by atomic mass is 32.1. The first-order valence-corrected chi connectivity index (χ1v) is 10.4. The number of rotatable bonds is 3. The molecule has 0 spiro atoms. The van der Waals surface area contributed by atoms with E-state index in [-0.39, 0.29) is 0 Å². The molecule has 1 unspecified atom stereocenters. The van der Waals surface area contributed by atoms with E-state index in [2.05, 4.69) is 46.1 Å². The molecule has 1 atom stereocenters. The average Bonchev–Trinajstić information content (AvgIpc) is 3.33. The Balaban J connectivity index is 1.40. The Labute approximate surface area is 160 Å². The first kappa shape index (κ1) is 16.1. The SMILES string of the molecule is CC(c1ccc2scnc2c1)N1CCc2nc(-c3cccnc3)sc2C1. The topological polar surface area (TPSA) is 41.9 Å². The maximum atomic E-state index is 4.86. The highest BCUT2D eigenvalue weighted by molar-refractivity contribution is 7.16. The Morgan fingerprint density at radius 3 is 3.08 bits per heavy atom. The quantitative estimate of drug-likeness (QED) is 0.507. The zero-order valence-electron chi connectivity index (χ0n) is 14.4. The van der Waals surface area contributed by atoms with Gasteiger partial charge in [0.2, 0.25) is 0 Å². The van der Waals surface area contributed by atoms with Gasteiger partial charge in [-0.25, -0.2) is 9.97 Å². The minimum absolute atomic E-state index is 0.373. The van der Waals surface area contributed by atoms with Gasteiger partial charge in [-0.05, 0) is 36.8 Å². The van der Waals surface area contributed by atoms with Crippen molar-refractivity contribution in [2.75, 3.05) is 6.54 Å². The molecule has 1 aromatic carbocycles. The molecule has 0 bridgehead atoms. The van der Waals surface area contributed by atoms with Crippen LogP contribution in [0.2, 0.25) is 0 Å². The van der Waals surface area contributed by atoms with Gasteiger partial charge in [0.1, 0.15) is 5.01 Å². The second-order valence-electron chi connectivity index (χ2n) is 6.61. The summed E-state index contributed by atoms with van der Waals surface area (Å²) in [6.07, 6.45) is 4.71. The smallest absolute Gasteiger partial charge is 0.125 e. The van der Waals surface area contributed by atoms with Crippen LogP contribution in [0.15, 0.2) is 48.2 Å². The van der Waals surface area contributed by atoms with Gasteiger partial charge >= 0.3 is 0 Å². The Morgan fingerprint density at radius 2 is 2.19 bits per heavy atom. The van der Waals surface area contributed by atoms with Crippen molar-refractivity contribution in [2.45, 2.75) is 25.9 Å². The maximum Gasteiger partial charge on any atom is 0.125 e. The monoisotopic (exact) mass is 378 g/mol. The molecule has 0 radical (unpaired) electrons. The van der Waals surface area contributed by atoms with E-state index in [1.165, 1.54) is 20.8 Å². The van der Waals surface area contributed by atoms with E-state index in [1.807, 2.05) is 17.8 Å². The second kappa shape index (κ2) is 6.54. The molecule has 0 aliphatic carbocycles. The summed E-state index contributed by atoms with van der Waals surface area (Å²) in [4.78, 5) is 17.5. The van der Waals surface area contributed by atoms with E-state index in [0.29, 0.717) is 6.04 Å². The normalized spacial score (nSPS) is 15.9. The van der Waals surface area contributed by atoms with Crippen LogP contribution in [-0.2, 0) is 13.0 Å². The number of nitrogens with zero attached hydrogens (tertiary/aromatic N) is 4. The van der Waals surface area contributed by atoms with E-state index in [1.54, 1.807) is 28.9 Å². The van der Waals surface area contributed by atoms with Gasteiger partial charge < -0.3 is 0 Å². The van der Waals surface area contributed by atoms with Crippen LogP contribution in [0.5, 0.6) is 0 Å². The standard InChI is InChI=1S/C20H18N4S2/c1-13(14-4-5-18-17(9-14)22-12-25-18)24-8-6-16-19(11-24)26-20(23-16)15-3-2-7-21-10-15/h2-5,7,9-10,12-13H,6,8,11H2,1H3. The summed E-state index contributed by atoms with van der Waals surface area (Å²) in [5.41, 5.74) is 6.73. The molecule has 3 aromatic heterocycles. The van der Waals surface area contributed by atoms with Crippen LogP contribution >= 0.6 is 22.7 Å².